The van der Waals surface area contributed by atoms with Crippen molar-refractivity contribution in [1.82, 2.24) is 9.80 Å². The summed E-state index contributed by atoms with van der Waals surface area (Å²) in [6, 6.07) is 0. The summed E-state index contributed by atoms with van der Waals surface area (Å²) in [6.07, 6.45) is 2.85. The quantitative estimate of drug-likeness (QED) is 0.708. The van der Waals surface area contributed by atoms with Gasteiger partial charge < -0.3 is 9.80 Å². The maximum atomic E-state index is 12.1. The molecule has 100 valence electrons. The molecule has 0 radical (unpaired) electrons. The molecule has 1 rings (SSSR count). The number of carbonyl (C=O) groups excluding carboxylic acids is 1. The van der Waals surface area contributed by atoms with Crippen LogP contribution in [-0.2, 0) is 4.79 Å². The molecule has 0 aromatic carbocycles. The van der Waals surface area contributed by atoms with Gasteiger partial charge >= 0.3 is 0 Å². The second kappa shape index (κ2) is 7.93. The number of nitrogens with zero attached hydrogens (tertiary/aromatic N) is 2. The number of hydrogen-bond donors (Lipinski definition) is 0. The monoisotopic (exact) mass is 260 g/mol. The average molecular weight is 261 g/mol. The Morgan fingerprint density at radius 3 is 2.71 bits per heavy atom. The van der Waals surface area contributed by atoms with Gasteiger partial charge in [-0.25, -0.2) is 0 Å². The Morgan fingerprint density at radius 2 is 2.06 bits per heavy atom. The molecular formula is C13H25ClN2O. The molecule has 1 aliphatic heterocycles. The van der Waals surface area contributed by atoms with Crippen molar-refractivity contribution in [3.63, 3.8) is 0 Å². The maximum Gasteiger partial charge on any atom is 0.222 e. The van der Waals surface area contributed by atoms with Gasteiger partial charge in [0.25, 0.3) is 0 Å². The minimum Gasteiger partial charge on any atom is -0.341 e. The average Bonchev–Trinajstić information content (AvgIpc) is 2.55. The summed E-state index contributed by atoms with van der Waals surface area (Å²) in [7, 11) is 0. The van der Waals surface area contributed by atoms with E-state index in [9.17, 15) is 4.79 Å². The smallest absolute Gasteiger partial charge is 0.222 e. The number of amides is 1. The zero-order valence-electron chi connectivity index (χ0n) is 11.1. The minimum absolute atomic E-state index is 0.326. The Bertz CT molecular complexity index is 235. The second-order valence-corrected chi connectivity index (χ2v) is 5.36. The van der Waals surface area contributed by atoms with Crippen molar-refractivity contribution in [2.24, 2.45) is 5.92 Å². The molecule has 4 heteroatoms. The Kier molecular flexibility index (Phi) is 6.90. The third-order valence-electron chi connectivity index (χ3n) is 3.56. The van der Waals surface area contributed by atoms with E-state index in [4.69, 9.17) is 11.6 Å². The molecule has 1 aliphatic rings. The van der Waals surface area contributed by atoms with Crippen LogP contribution in [0.5, 0.6) is 0 Å². The van der Waals surface area contributed by atoms with Crippen LogP contribution in [0.4, 0.5) is 0 Å². The van der Waals surface area contributed by atoms with Crippen LogP contribution >= 0.6 is 11.6 Å². The summed E-state index contributed by atoms with van der Waals surface area (Å²) in [4.78, 5) is 16.4. The number of alkyl halides is 1. The number of hydrogen-bond acceptors (Lipinski definition) is 2. The Labute approximate surface area is 110 Å². The van der Waals surface area contributed by atoms with E-state index in [-0.39, 0.29) is 0 Å². The first-order valence-corrected chi connectivity index (χ1v) is 7.27. The SMILES string of the molecule is CCC(C)CC(=O)N1CCCN(CCCl)CC1. The van der Waals surface area contributed by atoms with Crippen molar-refractivity contribution in [3.8, 4) is 0 Å². The van der Waals surface area contributed by atoms with Crippen LogP contribution in [0.3, 0.4) is 0 Å². The highest BCUT2D eigenvalue weighted by Crippen LogP contribution is 2.11. The van der Waals surface area contributed by atoms with Crippen molar-refractivity contribution >= 4 is 17.5 Å². The standard InChI is InChI=1S/C13H25ClN2O/c1-3-12(2)11-13(17)16-7-4-6-15(8-5-14)9-10-16/h12H,3-11H2,1-2H3. The van der Waals surface area contributed by atoms with E-state index in [0.717, 1.165) is 45.6 Å². The van der Waals surface area contributed by atoms with Crippen molar-refractivity contribution in [2.45, 2.75) is 33.1 Å². The van der Waals surface area contributed by atoms with Crippen LogP contribution in [0, 0.1) is 5.92 Å². The summed E-state index contributed by atoms with van der Waals surface area (Å²) in [5, 5.41) is 0. The molecule has 1 fully saturated rings. The third kappa shape index (κ3) is 5.26. The van der Waals surface area contributed by atoms with Gasteiger partial charge in [-0.3, -0.25) is 4.79 Å². The predicted octanol–water partition coefficient (Wildman–Crippen LogP) is 2.20. The van der Waals surface area contributed by atoms with Gasteiger partial charge in [-0.1, -0.05) is 20.3 Å². The van der Waals surface area contributed by atoms with Crippen molar-refractivity contribution < 1.29 is 4.79 Å². The maximum absolute atomic E-state index is 12.1. The number of carbonyl (C=O) groups is 1. The van der Waals surface area contributed by atoms with Crippen molar-refractivity contribution in [3.05, 3.63) is 0 Å². The van der Waals surface area contributed by atoms with Crippen LogP contribution in [0.2, 0.25) is 0 Å². The first-order chi connectivity index (χ1) is 8.17. The lowest BCUT2D eigenvalue weighted by Gasteiger charge is -2.22. The Balaban J connectivity index is 2.37. The highest BCUT2D eigenvalue weighted by molar-refractivity contribution is 6.18. The molecule has 0 aromatic rings. The predicted molar refractivity (Wildman–Crippen MR) is 72.4 cm³/mol. The zero-order valence-corrected chi connectivity index (χ0v) is 11.9. The molecule has 0 N–H and O–H groups in total. The molecule has 0 aliphatic carbocycles. The van der Waals surface area contributed by atoms with Crippen molar-refractivity contribution in [1.29, 1.82) is 0 Å². The Morgan fingerprint density at radius 1 is 1.29 bits per heavy atom. The molecule has 1 amide bonds. The molecule has 17 heavy (non-hydrogen) atoms. The largest absolute Gasteiger partial charge is 0.341 e. The van der Waals surface area contributed by atoms with E-state index >= 15 is 0 Å². The van der Waals surface area contributed by atoms with E-state index < -0.39 is 0 Å². The molecule has 3 nitrogen and oxygen atoms in total. The molecule has 0 spiro atoms. The van der Waals surface area contributed by atoms with Crippen LogP contribution < -0.4 is 0 Å². The molecule has 1 saturated heterocycles. The van der Waals surface area contributed by atoms with E-state index in [0.29, 0.717) is 24.1 Å². The fourth-order valence-electron chi connectivity index (χ4n) is 2.13. The van der Waals surface area contributed by atoms with Gasteiger partial charge in [0.1, 0.15) is 0 Å². The lowest BCUT2D eigenvalue weighted by Crippen LogP contribution is -2.36. The van der Waals surface area contributed by atoms with Crippen LogP contribution in [0.1, 0.15) is 33.1 Å². The van der Waals surface area contributed by atoms with Gasteiger partial charge in [-0.2, -0.15) is 0 Å². The van der Waals surface area contributed by atoms with E-state index in [2.05, 4.69) is 18.7 Å². The van der Waals surface area contributed by atoms with Gasteiger partial charge in [0.15, 0.2) is 0 Å². The number of rotatable bonds is 5. The molecule has 1 heterocycles. The molecule has 0 aromatic heterocycles. The third-order valence-corrected chi connectivity index (χ3v) is 3.73. The van der Waals surface area contributed by atoms with Crippen LogP contribution in [0.15, 0.2) is 0 Å². The molecule has 1 atom stereocenters. The summed E-state index contributed by atoms with van der Waals surface area (Å²) in [5.74, 6) is 1.51. The fourth-order valence-corrected chi connectivity index (χ4v) is 2.37. The summed E-state index contributed by atoms with van der Waals surface area (Å²) in [6.45, 7) is 9.05. The normalized spacial score (nSPS) is 20.1. The minimum atomic E-state index is 0.326. The van der Waals surface area contributed by atoms with Crippen molar-refractivity contribution in [2.75, 3.05) is 38.6 Å². The zero-order chi connectivity index (χ0) is 12.7. The molecule has 0 bridgehead atoms. The molecule has 0 saturated carbocycles. The fraction of sp³-hybridized carbons (Fsp3) is 0.923. The highest BCUT2D eigenvalue weighted by atomic mass is 35.5. The molecular weight excluding hydrogens is 236 g/mol. The lowest BCUT2D eigenvalue weighted by molar-refractivity contribution is -0.132. The Hall–Kier alpha value is -0.280. The first kappa shape index (κ1) is 14.8. The summed E-state index contributed by atoms with van der Waals surface area (Å²) < 4.78 is 0. The van der Waals surface area contributed by atoms with Gasteiger partial charge in [-0.05, 0) is 18.9 Å². The van der Waals surface area contributed by atoms with Crippen LogP contribution in [-0.4, -0.2) is 54.3 Å². The number of halogens is 1. The van der Waals surface area contributed by atoms with Gasteiger partial charge in [0, 0.05) is 38.5 Å². The summed E-state index contributed by atoms with van der Waals surface area (Å²) >= 11 is 5.75. The summed E-state index contributed by atoms with van der Waals surface area (Å²) in [5.41, 5.74) is 0. The first-order valence-electron chi connectivity index (χ1n) is 6.73. The van der Waals surface area contributed by atoms with Crippen LogP contribution in [0.25, 0.3) is 0 Å². The van der Waals surface area contributed by atoms with Gasteiger partial charge in [0.2, 0.25) is 5.91 Å². The van der Waals surface area contributed by atoms with E-state index in [1.54, 1.807) is 0 Å². The second-order valence-electron chi connectivity index (χ2n) is 4.98. The van der Waals surface area contributed by atoms with Gasteiger partial charge in [0.05, 0.1) is 0 Å². The van der Waals surface area contributed by atoms with E-state index in [1.165, 1.54) is 0 Å². The topological polar surface area (TPSA) is 23.6 Å². The van der Waals surface area contributed by atoms with Gasteiger partial charge in [-0.15, -0.1) is 11.6 Å². The lowest BCUT2D eigenvalue weighted by atomic mass is 10.0. The highest BCUT2D eigenvalue weighted by Gasteiger charge is 2.19. The molecule has 1 unspecified atom stereocenters. The van der Waals surface area contributed by atoms with E-state index in [1.807, 2.05) is 4.90 Å².